The van der Waals surface area contributed by atoms with Crippen molar-refractivity contribution in [3.8, 4) is 0 Å². The highest BCUT2D eigenvalue weighted by Gasteiger charge is 2.18. The van der Waals surface area contributed by atoms with E-state index in [9.17, 15) is 9.59 Å². The highest BCUT2D eigenvalue weighted by atomic mass is 35.5. The highest BCUT2D eigenvalue weighted by Crippen LogP contribution is 2.26. The van der Waals surface area contributed by atoms with Gasteiger partial charge in [0.05, 0.1) is 0 Å². The summed E-state index contributed by atoms with van der Waals surface area (Å²) >= 11 is 6.04. The van der Waals surface area contributed by atoms with Crippen molar-refractivity contribution in [3.05, 3.63) is 70.8 Å². The summed E-state index contributed by atoms with van der Waals surface area (Å²) in [5.41, 5.74) is 2.51. The molecule has 0 radical (unpaired) electrons. The molecule has 2 aromatic carbocycles. The number of esters is 1. The molecular formula is C22H24ClNO3. The zero-order chi connectivity index (χ0) is 19.8. The van der Waals surface area contributed by atoms with E-state index < -0.39 is 12.1 Å². The standard InChI is InChI=1S/C22H24ClNO3/c1-4-15(2)18-10-6-8-12-20(18)24-22(26)16(3)27-21(25)14-13-17-9-5-7-11-19(17)23/h5-16H,4H2,1-3H3,(H,24,26)/b14-13+/t15-,16-/m1/s1. The number of amides is 1. The first-order chi connectivity index (χ1) is 12.9. The lowest BCUT2D eigenvalue weighted by Crippen LogP contribution is -2.29. The van der Waals surface area contributed by atoms with Crippen molar-refractivity contribution in [2.45, 2.75) is 39.2 Å². The van der Waals surface area contributed by atoms with Gasteiger partial charge in [0.2, 0.25) is 0 Å². The van der Waals surface area contributed by atoms with E-state index >= 15 is 0 Å². The molecule has 0 fully saturated rings. The summed E-state index contributed by atoms with van der Waals surface area (Å²) in [5, 5.41) is 3.39. The Morgan fingerprint density at radius 1 is 1.11 bits per heavy atom. The summed E-state index contributed by atoms with van der Waals surface area (Å²) in [7, 11) is 0. The van der Waals surface area contributed by atoms with Crippen LogP contribution in [0.25, 0.3) is 6.08 Å². The van der Waals surface area contributed by atoms with Gasteiger partial charge in [-0.1, -0.05) is 61.8 Å². The van der Waals surface area contributed by atoms with Crippen molar-refractivity contribution in [1.82, 2.24) is 0 Å². The fraction of sp³-hybridized carbons (Fsp3) is 0.273. The van der Waals surface area contributed by atoms with Gasteiger partial charge in [0.1, 0.15) is 0 Å². The van der Waals surface area contributed by atoms with Crippen LogP contribution in [-0.4, -0.2) is 18.0 Å². The van der Waals surface area contributed by atoms with E-state index in [2.05, 4.69) is 19.2 Å². The Morgan fingerprint density at radius 2 is 1.78 bits per heavy atom. The first-order valence-electron chi connectivity index (χ1n) is 8.95. The fourth-order valence-corrected chi connectivity index (χ4v) is 2.73. The fourth-order valence-electron chi connectivity index (χ4n) is 2.53. The minimum atomic E-state index is -0.918. The number of hydrogen-bond donors (Lipinski definition) is 1. The van der Waals surface area contributed by atoms with Gasteiger partial charge in [-0.15, -0.1) is 0 Å². The lowest BCUT2D eigenvalue weighted by molar-refractivity contribution is -0.148. The van der Waals surface area contributed by atoms with Crippen LogP contribution >= 0.6 is 11.6 Å². The Hall–Kier alpha value is -2.59. The van der Waals surface area contributed by atoms with E-state index in [1.165, 1.54) is 6.08 Å². The Kier molecular flexibility index (Phi) is 7.62. The summed E-state index contributed by atoms with van der Waals surface area (Å²) in [6, 6.07) is 14.8. The van der Waals surface area contributed by atoms with Gasteiger partial charge in [-0.2, -0.15) is 0 Å². The predicted molar refractivity (Wildman–Crippen MR) is 110 cm³/mol. The molecular weight excluding hydrogens is 362 g/mol. The number of benzene rings is 2. The van der Waals surface area contributed by atoms with Crippen LogP contribution in [0.4, 0.5) is 5.69 Å². The molecule has 2 atom stereocenters. The largest absolute Gasteiger partial charge is 0.449 e. The lowest BCUT2D eigenvalue weighted by atomic mass is 9.97. The molecule has 142 valence electrons. The van der Waals surface area contributed by atoms with Crippen molar-refractivity contribution in [2.24, 2.45) is 0 Å². The van der Waals surface area contributed by atoms with Gasteiger partial charge in [0, 0.05) is 16.8 Å². The average molecular weight is 386 g/mol. The maximum atomic E-state index is 12.4. The molecule has 0 aromatic heterocycles. The van der Waals surface area contributed by atoms with E-state index in [4.69, 9.17) is 16.3 Å². The summed E-state index contributed by atoms with van der Waals surface area (Å²) in [5.74, 6) is -0.657. The first-order valence-corrected chi connectivity index (χ1v) is 9.33. The molecule has 0 aliphatic heterocycles. The van der Waals surface area contributed by atoms with Crippen molar-refractivity contribution >= 4 is 35.2 Å². The van der Waals surface area contributed by atoms with Crippen molar-refractivity contribution in [3.63, 3.8) is 0 Å². The summed E-state index contributed by atoms with van der Waals surface area (Å²) in [4.78, 5) is 24.4. The lowest BCUT2D eigenvalue weighted by Gasteiger charge is -2.17. The molecule has 0 saturated heterocycles. The quantitative estimate of drug-likeness (QED) is 0.510. The van der Waals surface area contributed by atoms with Gasteiger partial charge < -0.3 is 10.1 Å². The minimum absolute atomic E-state index is 0.318. The van der Waals surface area contributed by atoms with Gasteiger partial charge in [0.15, 0.2) is 6.10 Å². The zero-order valence-electron chi connectivity index (χ0n) is 15.7. The molecule has 5 heteroatoms. The molecule has 4 nitrogen and oxygen atoms in total. The molecule has 0 aliphatic carbocycles. The van der Waals surface area contributed by atoms with Gasteiger partial charge in [-0.25, -0.2) is 4.79 Å². The Morgan fingerprint density at radius 3 is 2.48 bits per heavy atom. The van der Waals surface area contributed by atoms with Gasteiger partial charge >= 0.3 is 5.97 Å². The number of halogens is 1. The molecule has 0 heterocycles. The van der Waals surface area contributed by atoms with Gasteiger partial charge in [-0.05, 0) is 48.6 Å². The molecule has 1 amide bonds. The van der Waals surface area contributed by atoms with E-state index in [0.717, 1.165) is 17.7 Å². The Labute approximate surface area is 165 Å². The summed E-state index contributed by atoms with van der Waals surface area (Å²) < 4.78 is 5.19. The van der Waals surface area contributed by atoms with Crippen molar-refractivity contribution < 1.29 is 14.3 Å². The average Bonchev–Trinajstić information content (AvgIpc) is 2.67. The van der Waals surface area contributed by atoms with Crippen molar-refractivity contribution in [1.29, 1.82) is 0 Å². The van der Waals surface area contributed by atoms with E-state index in [1.807, 2.05) is 36.4 Å². The Bertz CT molecular complexity index is 832. The van der Waals surface area contributed by atoms with Crippen molar-refractivity contribution in [2.75, 3.05) is 5.32 Å². The van der Waals surface area contributed by atoms with Crippen LogP contribution in [0.5, 0.6) is 0 Å². The number of carbonyl (C=O) groups is 2. The number of para-hydroxylation sites is 1. The van der Waals surface area contributed by atoms with E-state index in [-0.39, 0.29) is 5.91 Å². The van der Waals surface area contributed by atoms with E-state index in [0.29, 0.717) is 16.5 Å². The molecule has 2 aromatic rings. The summed E-state index contributed by atoms with van der Waals surface area (Å²) in [6.07, 6.45) is 2.87. The monoisotopic (exact) mass is 385 g/mol. The van der Waals surface area contributed by atoms with E-state index in [1.54, 1.807) is 25.1 Å². The number of nitrogens with one attached hydrogen (secondary N) is 1. The molecule has 0 aliphatic rings. The van der Waals surface area contributed by atoms with Crippen LogP contribution in [0.1, 0.15) is 44.2 Å². The van der Waals surface area contributed by atoms with Crippen LogP contribution in [0.15, 0.2) is 54.6 Å². The third-order valence-corrected chi connectivity index (χ3v) is 4.67. The molecule has 1 N–H and O–H groups in total. The number of rotatable bonds is 7. The van der Waals surface area contributed by atoms with Crippen LogP contribution < -0.4 is 5.32 Å². The third kappa shape index (κ3) is 5.97. The second-order valence-corrected chi connectivity index (χ2v) is 6.73. The molecule has 27 heavy (non-hydrogen) atoms. The molecule has 0 saturated carbocycles. The molecule has 0 spiro atoms. The topological polar surface area (TPSA) is 55.4 Å². The van der Waals surface area contributed by atoms with Gasteiger partial charge in [0.25, 0.3) is 5.91 Å². The third-order valence-electron chi connectivity index (χ3n) is 4.33. The number of hydrogen-bond acceptors (Lipinski definition) is 3. The normalized spacial score (nSPS) is 13.2. The van der Waals surface area contributed by atoms with Gasteiger partial charge in [-0.3, -0.25) is 4.79 Å². The zero-order valence-corrected chi connectivity index (χ0v) is 16.5. The van der Waals surface area contributed by atoms with Crippen LogP contribution in [0.3, 0.4) is 0 Å². The molecule has 0 unspecified atom stereocenters. The second-order valence-electron chi connectivity index (χ2n) is 6.32. The first kappa shape index (κ1) is 20.7. The maximum absolute atomic E-state index is 12.4. The van der Waals surface area contributed by atoms with Crippen LogP contribution in [-0.2, 0) is 14.3 Å². The highest BCUT2D eigenvalue weighted by molar-refractivity contribution is 6.32. The number of anilines is 1. The minimum Gasteiger partial charge on any atom is -0.449 e. The predicted octanol–water partition coefficient (Wildman–Crippen LogP) is 5.44. The number of ether oxygens (including phenoxy) is 1. The Balaban J connectivity index is 1.98. The smallest absolute Gasteiger partial charge is 0.331 e. The maximum Gasteiger partial charge on any atom is 0.331 e. The number of carbonyl (C=O) groups excluding carboxylic acids is 2. The molecule has 2 rings (SSSR count). The SMILES string of the molecule is CC[C@@H](C)c1ccccc1NC(=O)[C@@H](C)OC(=O)/C=C/c1ccccc1Cl. The summed E-state index contributed by atoms with van der Waals surface area (Å²) in [6.45, 7) is 5.75. The van der Waals surface area contributed by atoms with Crippen LogP contribution in [0, 0.1) is 0 Å². The van der Waals surface area contributed by atoms with Crippen LogP contribution in [0.2, 0.25) is 5.02 Å². The second kappa shape index (κ2) is 9.93. The molecule has 0 bridgehead atoms.